The second-order valence-electron chi connectivity index (χ2n) is 4.45. The van der Waals surface area contributed by atoms with Crippen molar-refractivity contribution in [1.29, 1.82) is 0 Å². The van der Waals surface area contributed by atoms with E-state index in [4.69, 9.17) is 21.1 Å². The molecule has 0 saturated carbocycles. The van der Waals surface area contributed by atoms with Crippen LogP contribution in [0.15, 0.2) is 22.7 Å². The molecule has 1 aromatic rings. The molecule has 0 aliphatic rings. The molecule has 0 radical (unpaired) electrons. The van der Waals surface area contributed by atoms with Gasteiger partial charge >= 0.3 is 0 Å². The van der Waals surface area contributed by atoms with Crippen molar-refractivity contribution in [1.82, 2.24) is 4.90 Å². The fourth-order valence-corrected chi connectivity index (χ4v) is 2.75. The Morgan fingerprint density at radius 3 is 2.60 bits per heavy atom. The first-order valence-corrected chi connectivity index (χ1v) is 7.41. The van der Waals surface area contributed by atoms with Crippen molar-refractivity contribution in [3.8, 4) is 0 Å². The van der Waals surface area contributed by atoms with Crippen LogP contribution in [0.25, 0.3) is 0 Å². The van der Waals surface area contributed by atoms with E-state index in [0.717, 1.165) is 4.47 Å². The molecule has 0 fully saturated rings. The van der Waals surface area contributed by atoms with Crippen LogP contribution in [0.2, 0.25) is 5.02 Å². The third-order valence-corrected chi connectivity index (χ3v) is 3.52. The number of benzene rings is 1. The second kappa shape index (κ2) is 8.62. The van der Waals surface area contributed by atoms with Gasteiger partial charge in [-0.1, -0.05) is 27.5 Å². The van der Waals surface area contributed by atoms with Gasteiger partial charge in [-0.25, -0.2) is 0 Å². The highest BCUT2D eigenvalue weighted by atomic mass is 79.9. The number of hydrogen-bond donors (Lipinski definition) is 0. The van der Waals surface area contributed by atoms with Gasteiger partial charge in [-0.15, -0.1) is 0 Å². The molecular weight excluding hydrogens is 346 g/mol. The topological polar surface area (TPSA) is 38.8 Å². The summed E-state index contributed by atoms with van der Waals surface area (Å²) in [5.74, 6) is -0.0881. The molecule has 0 aromatic heterocycles. The fourth-order valence-electron chi connectivity index (χ4n) is 1.89. The second-order valence-corrected chi connectivity index (χ2v) is 5.81. The average Bonchev–Trinajstić information content (AvgIpc) is 2.38. The molecular formula is C14H19BrClNO3. The number of nitrogens with zero attached hydrogens (tertiary/aromatic N) is 1. The van der Waals surface area contributed by atoms with E-state index in [0.29, 0.717) is 30.3 Å². The normalized spacial score (nSPS) is 12.2. The van der Waals surface area contributed by atoms with Crippen LogP contribution in [0, 0.1) is 0 Å². The fraction of sp³-hybridized carbons (Fsp3) is 0.500. The Morgan fingerprint density at radius 1 is 1.35 bits per heavy atom. The van der Waals surface area contributed by atoms with Crippen molar-refractivity contribution in [2.24, 2.45) is 0 Å². The number of carbonyl (C=O) groups excluding carboxylic acids is 1. The molecule has 1 aromatic carbocycles. The first-order chi connectivity index (χ1) is 9.49. The summed E-state index contributed by atoms with van der Waals surface area (Å²) in [5, 5.41) is 0.522. The minimum atomic E-state index is -0.0881. The Hall–Kier alpha value is -0.620. The van der Waals surface area contributed by atoms with E-state index in [1.54, 1.807) is 37.3 Å². The lowest BCUT2D eigenvalue weighted by Crippen LogP contribution is -2.43. The highest BCUT2D eigenvalue weighted by Crippen LogP contribution is 2.21. The average molecular weight is 365 g/mol. The lowest BCUT2D eigenvalue weighted by Gasteiger charge is -2.28. The van der Waals surface area contributed by atoms with Crippen LogP contribution >= 0.6 is 27.5 Å². The van der Waals surface area contributed by atoms with Crippen molar-refractivity contribution in [2.75, 3.05) is 34.0 Å². The Morgan fingerprint density at radius 2 is 2.05 bits per heavy atom. The first-order valence-electron chi connectivity index (χ1n) is 6.24. The van der Waals surface area contributed by atoms with Crippen LogP contribution in [-0.2, 0) is 9.47 Å². The molecule has 0 spiro atoms. The van der Waals surface area contributed by atoms with Gasteiger partial charge in [0.15, 0.2) is 0 Å². The van der Waals surface area contributed by atoms with E-state index in [2.05, 4.69) is 15.9 Å². The van der Waals surface area contributed by atoms with Gasteiger partial charge in [-0.3, -0.25) is 4.79 Å². The van der Waals surface area contributed by atoms with E-state index < -0.39 is 0 Å². The molecule has 0 aliphatic carbocycles. The van der Waals surface area contributed by atoms with E-state index in [-0.39, 0.29) is 11.9 Å². The van der Waals surface area contributed by atoms with E-state index >= 15 is 0 Å². The van der Waals surface area contributed by atoms with Crippen LogP contribution < -0.4 is 0 Å². The molecule has 0 aliphatic heterocycles. The van der Waals surface area contributed by atoms with E-state index in [1.807, 2.05) is 6.92 Å². The van der Waals surface area contributed by atoms with Gasteiger partial charge in [0.1, 0.15) is 0 Å². The number of amides is 1. The molecule has 1 rings (SSSR count). The van der Waals surface area contributed by atoms with Crippen molar-refractivity contribution in [3.63, 3.8) is 0 Å². The van der Waals surface area contributed by atoms with Crippen molar-refractivity contribution in [3.05, 3.63) is 33.3 Å². The minimum absolute atomic E-state index is 0.0413. The molecule has 6 heteroatoms. The van der Waals surface area contributed by atoms with Crippen molar-refractivity contribution >= 4 is 33.4 Å². The monoisotopic (exact) mass is 363 g/mol. The zero-order valence-corrected chi connectivity index (χ0v) is 14.2. The molecule has 1 atom stereocenters. The molecule has 1 amide bonds. The van der Waals surface area contributed by atoms with Crippen LogP contribution in [0.4, 0.5) is 0 Å². The Bertz CT molecular complexity index is 436. The van der Waals surface area contributed by atoms with Gasteiger partial charge < -0.3 is 14.4 Å². The number of halogens is 2. The molecule has 0 bridgehead atoms. The Balaban J connectivity index is 2.96. The van der Waals surface area contributed by atoms with Crippen LogP contribution in [0.5, 0.6) is 0 Å². The van der Waals surface area contributed by atoms with Crippen LogP contribution in [0.1, 0.15) is 17.3 Å². The maximum Gasteiger partial charge on any atom is 0.254 e. The van der Waals surface area contributed by atoms with Gasteiger partial charge in [0, 0.05) is 35.8 Å². The summed E-state index contributed by atoms with van der Waals surface area (Å²) >= 11 is 9.34. The number of rotatable bonds is 7. The van der Waals surface area contributed by atoms with Gasteiger partial charge in [-0.2, -0.15) is 0 Å². The van der Waals surface area contributed by atoms with Crippen LogP contribution in [-0.4, -0.2) is 50.8 Å². The number of carbonyl (C=O) groups is 1. The lowest BCUT2D eigenvalue weighted by atomic mass is 10.1. The Labute approximate surface area is 133 Å². The third-order valence-electron chi connectivity index (χ3n) is 2.85. The first kappa shape index (κ1) is 17.4. The molecule has 20 heavy (non-hydrogen) atoms. The zero-order chi connectivity index (χ0) is 15.1. The maximum absolute atomic E-state index is 12.6. The number of hydrogen-bond acceptors (Lipinski definition) is 3. The number of methoxy groups -OCH3 is 2. The van der Waals surface area contributed by atoms with Crippen LogP contribution in [0.3, 0.4) is 0 Å². The van der Waals surface area contributed by atoms with Gasteiger partial charge in [0.05, 0.1) is 19.3 Å². The summed E-state index contributed by atoms with van der Waals surface area (Å²) in [6.07, 6.45) is 0. The van der Waals surface area contributed by atoms with E-state index in [9.17, 15) is 4.79 Å². The molecule has 1 unspecified atom stereocenters. The summed E-state index contributed by atoms with van der Waals surface area (Å²) in [7, 11) is 3.23. The predicted molar refractivity (Wildman–Crippen MR) is 83.4 cm³/mol. The highest BCUT2D eigenvalue weighted by molar-refractivity contribution is 9.10. The minimum Gasteiger partial charge on any atom is -0.383 e. The van der Waals surface area contributed by atoms with Crippen molar-refractivity contribution < 1.29 is 14.3 Å². The zero-order valence-electron chi connectivity index (χ0n) is 11.9. The predicted octanol–water partition coefficient (Wildman–Crippen LogP) is 3.23. The quantitative estimate of drug-likeness (QED) is 0.745. The Kier molecular flexibility index (Phi) is 7.51. The van der Waals surface area contributed by atoms with Crippen molar-refractivity contribution in [2.45, 2.75) is 13.0 Å². The summed E-state index contributed by atoms with van der Waals surface area (Å²) in [6.45, 7) is 3.39. The maximum atomic E-state index is 12.6. The smallest absolute Gasteiger partial charge is 0.254 e. The number of ether oxygens (including phenoxy) is 2. The SMILES string of the molecule is COCCN(C(=O)c1cc(Cl)cc(Br)c1)C(C)COC. The largest absolute Gasteiger partial charge is 0.383 e. The summed E-state index contributed by atoms with van der Waals surface area (Å²) < 4.78 is 11.0. The van der Waals surface area contributed by atoms with Gasteiger partial charge in [-0.05, 0) is 25.1 Å². The molecule has 0 saturated heterocycles. The van der Waals surface area contributed by atoms with Gasteiger partial charge in [0.25, 0.3) is 5.91 Å². The lowest BCUT2D eigenvalue weighted by molar-refractivity contribution is 0.0479. The molecule has 4 nitrogen and oxygen atoms in total. The molecule has 0 N–H and O–H groups in total. The van der Waals surface area contributed by atoms with E-state index in [1.165, 1.54) is 0 Å². The van der Waals surface area contributed by atoms with Gasteiger partial charge in [0.2, 0.25) is 0 Å². The summed E-state index contributed by atoms with van der Waals surface area (Å²) in [5.41, 5.74) is 0.545. The molecule has 0 heterocycles. The third kappa shape index (κ3) is 5.05. The molecule has 112 valence electrons. The highest BCUT2D eigenvalue weighted by Gasteiger charge is 2.21. The summed E-state index contributed by atoms with van der Waals surface area (Å²) in [6, 6.07) is 5.12. The summed E-state index contributed by atoms with van der Waals surface area (Å²) in [4.78, 5) is 14.3. The standard InChI is InChI=1S/C14H19BrClNO3/c1-10(9-20-3)17(4-5-19-2)14(18)11-6-12(15)8-13(16)7-11/h6-8,10H,4-5,9H2,1-3H3.